The molecule has 0 aromatic heterocycles. The number of rotatable bonds is 7. The number of halogens is 1. The molecule has 5 nitrogen and oxygen atoms in total. The lowest BCUT2D eigenvalue weighted by Gasteiger charge is -2.16. The molecule has 2 N–H and O–H groups in total. The third kappa shape index (κ3) is 5.07. The van der Waals surface area contributed by atoms with Crippen molar-refractivity contribution in [1.82, 2.24) is 13.7 Å². The molecule has 1 rings (SSSR count). The lowest BCUT2D eigenvalue weighted by Crippen LogP contribution is -2.30. The van der Waals surface area contributed by atoms with E-state index >= 15 is 0 Å². The quantitative estimate of drug-likeness (QED) is 0.414. The number of unbranched alkanes of at least 4 members (excludes halogenated alkanes) is 3. The van der Waals surface area contributed by atoms with Gasteiger partial charge in [0.2, 0.25) is 0 Å². The third-order valence-corrected chi connectivity index (χ3v) is 3.20. The summed E-state index contributed by atoms with van der Waals surface area (Å²) in [5, 5.41) is 2.73. The zero-order valence-corrected chi connectivity index (χ0v) is 12.4. The monoisotopic (exact) mass is 363 g/mol. The fourth-order valence-electron chi connectivity index (χ4n) is 1.73. The normalized spacial score (nSPS) is 14.2. The van der Waals surface area contributed by atoms with Crippen LogP contribution in [0.15, 0.2) is 24.4 Å². The first-order valence-corrected chi connectivity index (χ1v) is 7.06. The number of carbonyl (C=O) groups is 2. The predicted molar refractivity (Wildman–Crippen MR) is 79.0 cm³/mol. The van der Waals surface area contributed by atoms with Crippen LogP contribution in [0.2, 0.25) is 0 Å². The van der Waals surface area contributed by atoms with E-state index < -0.39 is 0 Å². The molecule has 0 aromatic carbocycles. The molecule has 1 aliphatic rings. The van der Waals surface area contributed by atoms with Gasteiger partial charge in [0.25, 0.3) is 5.91 Å². The van der Waals surface area contributed by atoms with E-state index in [1.165, 1.54) is 0 Å². The maximum atomic E-state index is 11.4. The fraction of sp³-hybridized carbons (Fsp3) is 0.500. The molecule has 6 heteroatoms. The number of urea groups is 1. The van der Waals surface area contributed by atoms with Gasteiger partial charge in [0, 0.05) is 24.9 Å². The van der Waals surface area contributed by atoms with Gasteiger partial charge in [0.05, 0.1) is 22.9 Å². The van der Waals surface area contributed by atoms with Crippen LogP contribution in [0.4, 0.5) is 4.79 Å². The van der Waals surface area contributed by atoms with Crippen LogP contribution >= 0.6 is 22.9 Å². The summed E-state index contributed by atoms with van der Waals surface area (Å²) in [6, 6.07) is -0.152. The van der Waals surface area contributed by atoms with E-state index in [1.807, 2.05) is 0 Å². The second-order valence-corrected chi connectivity index (χ2v) is 4.62. The van der Waals surface area contributed by atoms with E-state index in [1.54, 1.807) is 39.9 Å². The van der Waals surface area contributed by atoms with Gasteiger partial charge >= 0.3 is 6.03 Å². The van der Waals surface area contributed by atoms with Crippen LogP contribution in [-0.4, -0.2) is 29.9 Å². The largest absolute Gasteiger partial charge is 0.338 e. The number of carbonyl (C=O) groups excluding carboxylic acids is 2. The molecule has 0 radical (unpaired) electrons. The summed E-state index contributed by atoms with van der Waals surface area (Å²) in [6.07, 6.45) is 7.31. The Kier molecular flexibility index (Phi) is 6.77. The maximum Gasteiger partial charge on any atom is 0.323 e. The van der Waals surface area contributed by atoms with Gasteiger partial charge in [0.15, 0.2) is 0 Å². The number of hydrogen-bond acceptors (Lipinski definition) is 2. The number of amides is 3. The van der Waals surface area contributed by atoms with Crippen molar-refractivity contribution in [1.29, 1.82) is 0 Å². The van der Waals surface area contributed by atoms with Crippen molar-refractivity contribution >= 4 is 34.8 Å². The Morgan fingerprint density at radius 2 is 2.00 bits per heavy atom. The van der Waals surface area contributed by atoms with Crippen molar-refractivity contribution in [2.24, 2.45) is 0 Å². The van der Waals surface area contributed by atoms with Gasteiger partial charge in [-0.2, -0.15) is 0 Å². The molecular formula is C12H18IN3O2. The Balaban J connectivity index is 1.98. The average Bonchev–Trinajstić information content (AvgIpc) is 2.68. The van der Waals surface area contributed by atoms with Crippen LogP contribution in [0, 0.1) is 0 Å². The first-order valence-electron chi connectivity index (χ1n) is 5.98. The number of nitrogens with one attached hydrogen (secondary N) is 2. The molecule has 0 fully saturated rings. The topological polar surface area (TPSA) is 61.4 Å². The van der Waals surface area contributed by atoms with Crippen LogP contribution in [-0.2, 0) is 4.79 Å². The predicted octanol–water partition coefficient (Wildman–Crippen LogP) is 2.11. The molecule has 18 heavy (non-hydrogen) atoms. The number of nitrogens with zero attached hydrogens (tertiary/aromatic N) is 1. The van der Waals surface area contributed by atoms with Gasteiger partial charge in [0.1, 0.15) is 0 Å². The van der Waals surface area contributed by atoms with Gasteiger partial charge < -0.3 is 10.2 Å². The minimum Gasteiger partial charge on any atom is -0.338 e. The standard InChI is InChI=1S/C12H18IN3O2/c1-10-6-7-11(17)16(10)9-5-3-2-4-8-14-12(18)15-13/h6-7H,1-5,8-9H2,(H2,14,15,18). The highest BCUT2D eigenvalue weighted by molar-refractivity contribution is 14.1. The van der Waals surface area contributed by atoms with Crippen LogP contribution < -0.4 is 8.85 Å². The Morgan fingerprint density at radius 3 is 2.61 bits per heavy atom. The van der Waals surface area contributed by atoms with Crippen LogP contribution in [0.25, 0.3) is 0 Å². The molecule has 1 heterocycles. The summed E-state index contributed by atoms with van der Waals surface area (Å²) in [5.41, 5.74) is 0.778. The third-order valence-electron chi connectivity index (χ3n) is 2.71. The Hall–Kier alpha value is -1.05. The smallest absolute Gasteiger partial charge is 0.323 e. The highest BCUT2D eigenvalue weighted by atomic mass is 127. The minimum absolute atomic E-state index is 0.0281. The second kappa shape index (κ2) is 8.12. The number of hydrogen-bond donors (Lipinski definition) is 2. The molecule has 100 valence electrons. The first kappa shape index (κ1) is 15.0. The average molecular weight is 363 g/mol. The summed E-state index contributed by atoms with van der Waals surface area (Å²) in [6.45, 7) is 5.22. The van der Waals surface area contributed by atoms with Gasteiger partial charge in [-0.15, -0.1) is 0 Å². The van der Waals surface area contributed by atoms with Crippen molar-refractivity contribution in [3.8, 4) is 0 Å². The maximum absolute atomic E-state index is 11.4. The highest BCUT2D eigenvalue weighted by Gasteiger charge is 2.17. The van der Waals surface area contributed by atoms with E-state index in [0.717, 1.165) is 37.9 Å². The zero-order valence-electron chi connectivity index (χ0n) is 10.2. The first-order chi connectivity index (χ1) is 8.65. The van der Waals surface area contributed by atoms with Crippen molar-refractivity contribution in [2.75, 3.05) is 13.1 Å². The lowest BCUT2D eigenvalue weighted by atomic mass is 10.2. The van der Waals surface area contributed by atoms with E-state index in [2.05, 4.69) is 15.4 Å². The Morgan fingerprint density at radius 1 is 1.28 bits per heavy atom. The van der Waals surface area contributed by atoms with E-state index in [9.17, 15) is 9.59 Å². The van der Waals surface area contributed by atoms with Gasteiger partial charge in [-0.1, -0.05) is 19.4 Å². The van der Waals surface area contributed by atoms with Crippen molar-refractivity contribution in [2.45, 2.75) is 25.7 Å². The molecule has 0 unspecified atom stereocenters. The summed E-state index contributed by atoms with van der Waals surface area (Å²) in [5.74, 6) is 0.0281. The lowest BCUT2D eigenvalue weighted by molar-refractivity contribution is -0.123. The zero-order chi connectivity index (χ0) is 13.4. The highest BCUT2D eigenvalue weighted by Crippen LogP contribution is 2.14. The molecule has 3 amide bonds. The molecule has 0 saturated carbocycles. The molecule has 0 aliphatic carbocycles. The number of allylic oxidation sites excluding steroid dienone is 1. The molecule has 0 aromatic rings. The van der Waals surface area contributed by atoms with E-state index in [4.69, 9.17) is 0 Å². The molecule has 0 spiro atoms. The Bertz CT molecular complexity index is 337. The van der Waals surface area contributed by atoms with Crippen LogP contribution in [0.1, 0.15) is 25.7 Å². The minimum atomic E-state index is -0.152. The molecular weight excluding hydrogens is 345 g/mol. The van der Waals surface area contributed by atoms with Gasteiger partial charge in [-0.05, 0) is 18.9 Å². The van der Waals surface area contributed by atoms with Crippen molar-refractivity contribution in [3.05, 3.63) is 24.4 Å². The molecule has 0 atom stereocenters. The van der Waals surface area contributed by atoms with Gasteiger partial charge in [-0.3, -0.25) is 8.32 Å². The summed E-state index contributed by atoms with van der Waals surface area (Å²) in [4.78, 5) is 23.9. The summed E-state index contributed by atoms with van der Waals surface area (Å²) in [7, 11) is 0. The second-order valence-electron chi connectivity index (χ2n) is 4.08. The SMILES string of the molecule is C=C1C=CC(=O)N1CCCCCCNC(=O)NI. The van der Waals surface area contributed by atoms with Crippen molar-refractivity contribution < 1.29 is 9.59 Å². The summed E-state index contributed by atoms with van der Waals surface area (Å²) < 4.78 is 2.47. The Labute approximate surface area is 121 Å². The van der Waals surface area contributed by atoms with Crippen molar-refractivity contribution in [3.63, 3.8) is 0 Å². The molecule has 1 aliphatic heterocycles. The van der Waals surface area contributed by atoms with Crippen LogP contribution in [0.5, 0.6) is 0 Å². The molecule has 0 saturated heterocycles. The van der Waals surface area contributed by atoms with Gasteiger partial charge in [-0.25, -0.2) is 4.79 Å². The van der Waals surface area contributed by atoms with E-state index in [0.29, 0.717) is 6.54 Å². The van der Waals surface area contributed by atoms with Crippen LogP contribution in [0.3, 0.4) is 0 Å². The summed E-state index contributed by atoms with van der Waals surface area (Å²) >= 11 is 1.80. The van der Waals surface area contributed by atoms with E-state index in [-0.39, 0.29) is 11.9 Å². The fourth-order valence-corrected chi connectivity index (χ4v) is 1.92. The molecule has 0 bridgehead atoms.